The molecule has 0 aromatic carbocycles. The number of hydrogen-bond donors (Lipinski definition) is 4. The quantitative estimate of drug-likeness (QED) is 0.133. The highest BCUT2D eigenvalue weighted by Crippen LogP contribution is 2.49. The first-order valence-corrected chi connectivity index (χ1v) is 18.1. The zero-order valence-electron chi connectivity index (χ0n) is 22.5. The Balaban J connectivity index is 1.09. The molecule has 0 spiro atoms. The minimum atomic E-state index is -0.504. The highest BCUT2D eigenvalue weighted by atomic mass is 32.2. The van der Waals surface area contributed by atoms with E-state index in [9.17, 15) is 10.2 Å². The van der Waals surface area contributed by atoms with Crippen LogP contribution in [0.1, 0.15) is 65.2 Å². The predicted octanol–water partition coefficient (Wildman–Crippen LogP) is 6.50. The maximum absolute atomic E-state index is 10.3. The van der Waals surface area contributed by atoms with E-state index in [1.165, 1.54) is 71.9 Å². The minimum absolute atomic E-state index is 0.241. The average Bonchev–Trinajstić information content (AvgIpc) is 3.56. The summed E-state index contributed by atoms with van der Waals surface area (Å²) in [5.41, 5.74) is 0.296. The van der Waals surface area contributed by atoms with E-state index in [2.05, 4.69) is 34.2 Å². The van der Waals surface area contributed by atoms with Crippen LogP contribution in [0.3, 0.4) is 0 Å². The largest absolute Gasteiger partial charge is 0.390 e. The Bertz CT molecular complexity index is 1020. The van der Waals surface area contributed by atoms with Crippen molar-refractivity contribution < 1.29 is 19.7 Å². The fourth-order valence-corrected chi connectivity index (χ4v) is 9.79. The van der Waals surface area contributed by atoms with Crippen LogP contribution in [0.2, 0.25) is 0 Å². The van der Waals surface area contributed by atoms with Crippen molar-refractivity contribution in [1.29, 1.82) is 0 Å². The third-order valence-electron chi connectivity index (χ3n) is 8.14. The summed E-state index contributed by atoms with van der Waals surface area (Å²) in [7, 11) is 0. The van der Waals surface area contributed by atoms with Crippen molar-refractivity contribution in [2.45, 2.75) is 98.3 Å². The number of aromatic nitrogens is 4. The molecule has 0 aliphatic heterocycles. The first kappa shape index (κ1) is 32.0. The number of hydrogen-bond acceptors (Lipinski definition) is 12. The summed E-state index contributed by atoms with van der Waals surface area (Å²) in [5, 5.41) is 34.4. The lowest BCUT2D eigenvalue weighted by atomic mass is 9.60. The summed E-state index contributed by atoms with van der Waals surface area (Å²) >= 11 is 16.0. The molecule has 2 fully saturated rings. The van der Waals surface area contributed by atoms with Gasteiger partial charge in [-0.05, 0) is 93.1 Å². The molecule has 2 saturated carbocycles. The van der Waals surface area contributed by atoms with Crippen LogP contribution in [0.25, 0.3) is 0 Å². The van der Waals surface area contributed by atoms with E-state index in [0.717, 1.165) is 34.4 Å². The molecule has 4 N–H and O–H groups in total. The molecule has 2 aromatic rings. The van der Waals surface area contributed by atoms with E-state index in [1.807, 2.05) is 0 Å². The molecule has 2 heterocycles. The maximum Gasteiger partial charge on any atom is 0.177 e. The van der Waals surface area contributed by atoms with Crippen molar-refractivity contribution >= 4 is 70.6 Å². The van der Waals surface area contributed by atoms with Gasteiger partial charge in [0.25, 0.3) is 0 Å². The lowest BCUT2D eigenvalue weighted by molar-refractivity contribution is -0.0561. The van der Waals surface area contributed by atoms with Crippen molar-refractivity contribution in [3.8, 4) is 0 Å². The molecule has 2 aromatic heterocycles. The van der Waals surface area contributed by atoms with E-state index >= 15 is 0 Å². The van der Waals surface area contributed by atoms with Gasteiger partial charge in [0.15, 0.2) is 16.6 Å². The molecular formula is C25H40N4O4S6. The summed E-state index contributed by atoms with van der Waals surface area (Å²) in [6.07, 6.45) is 8.47. The van der Waals surface area contributed by atoms with E-state index in [-0.39, 0.29) is 12.2 Å². The standard InChI is InChI=1S/C25H40N4O4S6/c1-25(2,15-3-7-19(8-4-15)32-11-17(30)13-36-23-28-26-21(34)38-23)16-5-9-20(10-6-16)33-12-18(31)14-37-24-29-27-22(35)39-24/h15-20,30-31H,3-14H2,1-2H3,(H,26,34)(H,27,35). The van der Waals surface area contributed by atoms with Crippen LogP contribution < -0.4 is 0 Å². The van der Waals surface area contributed by atoms with Crippen molar-refractivity contribution in [3.05, 3.63) is 7.91 Å². The van der Waals surface area contributed by atoms with Gasteiger partial charge in [0.05, 0.1) is 37.6 Å². The van der Waals surface area contributed by atoms with E-state index in [0.29, 0.717) is 49.9 Å². The van der Waals surface area contributed by atoms with E-state index in [1.54, 1.807) is 0 Å². The fraction of sp³-hybridized carbons (Fsp3) is 0.840. The first-order valence-electron chi connectivity index (χ1n) is 13.6. The molecular weight excluding hydrogens is 613 g/mol. The molecule has 4 rings (SSSR count). The second-order valence-electron chi connectivity index (χ2n) is 11.1. The maximum atomic E-state index is 10.3. The monoisotopic (exact) mass is 652 g/mol. The SMILES string of the molecule is CC(C)(C1CCC(OCC(O)CSc2n[nH]c(=S)s2)CC1)C1CCC(OCC(O)CSc2n[nH]c(=S)s2)CC1. The predicted molar refractivity (Wildman–Crippen MR) is 165 cm³/mol. The topological polar surface area (TPSA) is 116 Å². The highest BCUT2D eigenvalue weighted by molar-refractivity contribution is 8.01. The van der Waals surface area contributed by atoms with E-state index in [4.69, 9.17) is 33.9 Å². The van der Waals surface area contributed by atoms with Crippen LogP contribution in [0.4, 0.5) is 0 Å². The number of H-pyrrole nitrogens is 2. The number of aliphatic hydroxyl groups excluding tert-OH is 2. The smallest absolute Gasteiger partial charge is 0.177 e. The highest BCUT2D eigenvalue weighted by Gasteiger charge is 2.40. The molecule has 39 heavy (non-hydrogen) atoms. The minimum Gasteiger partial charge on any atom is -0.390 e. The third kappa shape index (κ3) is 10.1. The zero-order valence-corrected chi connectivity index (χ0v) is 27.4. The molecule has 14 heteroatoms. The van der Waals surface area contributed by atoms with Gasteiger partial charge in [-0.2, -0.15) is 10.2 Å². The van der Waals surface area contributed by atoms with Crippen LogP contribution >= 0.6 is 70.6 Å². The average molecular weight is 653 g/mol. The molecule has 0 radical (unpaired) electrons. The molecule has 220 valence electrons. The van der Waals surface area contributed by atoms with Gasteiger partial charge in [-0.25, -0.2) is 0 Å². The Hall–Kier alpha value is 0.1000. The summed E-state index contributed by atoms with van der Waals surface area (Å²) in [6.45, 7) is 5.67. The zero-order chi connectivity index (χ0) is 27.8. The molecule has 0 amide bonds. The lowest BCUT2D eigenvalue weighted by Gasteiger charge is -2.46. The van der Waals surface area contributed by atoms with Crippen LogP contribution in [0.15, 0.2) is 8.68 Å². The second kappa shape index (κ2) is 15.5. The molecule has 8 nitrogen and oxygen atoms in total. The van der Waals surface area contributed by atoms with Gasteiger partial charge in [-0.15, -0.1) is 0 Å². The summed E-state index contributed by atoms with van der Waals surface area (Å²) in [6, 6.07) is 0. The van der Waals surface area contributed by atoms with Gasteiger partial charge in [-0.3, -0.25) is 10.2 Å². The van der Waals surface area contributed by atoms with Crippen molar-refractivity contribution in [2.75, 3.05) is 24.7 Å². The Morgan fingerprint density at radius 2 is 1.18 bits per heavy atom. The first-order chi connectivity index (χ1) is 18.7. The normalized spacial score (nSPS) is 25.9. The van der Waals surface area contributed by atoms with Crippen LogP contribution in [0.5, 0.6) is 0 Å². The number of nitrogens with one attached hydrogen (secondary N) is 2. The van der Waals surface area contributed by atoms with E-state index < -0.39 is 12.2 Å². The van der Waals surface area contributed by atoms with Crippen molar-refractivity contribution in [1.82, 2.24) is 20.4 Å². The van der Waals surface area contributed by atoms with Crippen molar-refractivity contribution in [3.63, 3.8) is 0 Å². The summed E-state index contributed by atoms with van der Waals surface area (Å²) < 4.78 is 15.2. The van der Waals surface area contributed by atoms with Crippen LogP contribution in [-0.4, -0.2) is 79.7 Å². The molecule has 2 unspecified atom stereocenters. The number of aromatic amines is 2. The molecule has 2 aliphatic rings. The lowest BCUT2D eigenvalue weighted by Crippen LogP contribution is -2.39. The number of rotatable bonds is 14. The molecule has 2 aliphatic carbocycles. The number of nitrogens with zero attached hydrogens (tertiary/aromatic N) is 2. The van der Waals surface area contributed by atoms with Gasteiger partial charge in [0, 0.05) is 11.5 Å². The Kier molecular flexibility index (Phi) is 12.8. The van der Waals surface area contributed by atoms with Gasteiger partial charge in [-0.1, -0.05) is 60.0 Å². The molecule has 0 saturated heterocycles. The fourth-order valence-electron chi connectivity index (χ4n) is 5.76. The van der Waals surface area contributed by atoms with Gasteiger partial charge < -0.3 is 19.7 Å². The van der Waals surface area contributed by atoms with Gasteiger partial charge in [0.2, 0.25) is 0 Å². The molecule has 0 bridgehead atoms. The number of aliphatic hydroxyl groups is 2. The Labute approximate surface area is 257 Å². The van der Waals surface area contributed by atoms with Crippen molar-refractivity contribution in [2.24, 2.45) is 17.3 Å². The van der Waals surface area contributed by atoms with Gasteiger partial charge in [0.1, 0.15) is 0 Å². The summed E-state index contributed by atoms with van der Waals surface area (Å²) in [5.74, 6) is 2.52. The third-order valence-corrected chi connectivity index (χ3v) is 12.9. The van der Waals surface area contributed by atoms with Crippen LogP contribution in [-0.2, 0) is 9.47 Å². The number of ether oxygens (including phenoxy) is 2. The number of thioether (sulfide) groups is 2. The van der Waals surface area contributed by atoms with Gasteiger partial charge >= 0.3 is 0 Å². The second-order valence-corrected chi connectivity index (χ2v) is 17.0. The van der Waals surface area contributed by atoms with Crippen LogP contribution in [0, 0.1) is 25.2 Å². The molecule has 2 atom stereocenters. The Morgan fingerprint density at radius 1 is 0.795 bits per heavy atom. The Morgan fingerprint density at radius 3 is 1.51 bits per heavy atom. The summed E-state index contributed by atoms with van der Waals surface area (Å²) in [4.78, 5) is 0.